The zero-order valence-electron chi connectivity index (χ0n) is 31.3. The van der Waals surface area contributed by atoms with Crippen molar-refractivity contribution in [2.75, 3.05) is 14.2 Å². The van der Waals surface area contributed by atoms with Crippen molar-refractivity contribution in [1.82, 2.24) is 19.9 Å². The normalized spacial score (nSPS) is 12.9. The Morgan fingerprint density at radius 2 is 1.06 bits per heavy atom. The number of fused-ring (bicyclic) bond motifs is 8. The van der Waals surface area contributed by atoms with E-state index in [1.807, 2.05) is 0 Å². The van der Waals surface area contributed by atoms with Crippen molar-refractivity contribution in [2.24, 2.45) is 0 Å². The molecule has 51 heavy (non-hydrogen) atoms. The van der Waals surface area contributed by atoms with Crippen LogP contribution < -0.4 is 0 Å². The quantitative estimate of drug-likeness (QED) is 0.170. The van der Waals surface area contributed by atoms with Gasteiger partial charge >= 0.3 is 11.9 Å². The first-order valence-corrected chi connectivity index (χ1v) is 17.9. The first-order valence-electron chi connectivity index (χ1n) is 17.9. The summed E-state index contributed by atoms with van der Waals surface area (Å²) in [6.45, 7) is 15.0. The molecule has 0 aliphatic carbocycles. The summed E-state index contributed by atoms with van der Waals surface area (Å²) in [5, 5.41) is 0. The summed E-state index contributed by atoms with van der Waals surface area (Å²) in [7, 11) is 2.84. The minimum absolute atomic E-state index is 0.254. The van der Waals surface area contributed by atoms with Gasteiger partial charge in [0.15, 0.2) is 0 Å². The average Bonchev–Trinajstić information content (AvgIpc) is 3.80. The number of benzene rings is 1. The molecule has 2 N–H and O–H groups in total. The fraction of sp³-hybridized carbons (Fsp3) is 0.349. The Kier molecular flexibility index (Phi) is 10.1. The monoisotopic (exact) mass is 684 g/mol. The Bertz CT molecular complexity index is 2150. The maximum absolute atomic E-state index is 12.3. The fourth-order valence-electron chi connectivity index (χ4n) is 7.49. The predicted molar refractivity (Wildman–Crippen MR) is 207 cm³/mol. The van der Waals surface area contributed by atoms with E-state index < -0.39 is 0 Å². The minimum Gasteiger partial charge on any atom is -0.469 e. The number of hydrogen-bond donors (Lipinski definition) is 2. The molecule has 6 rings (SSSR count). The van der Waals surface area contributed by atoms with Crippen LogP contribution in [0.3, 0.4) is 0 Å². The summed E-state index contributed by atoms with van der Waals surface area (Å²) in [5.74, 6) is -0.519. The highest BCUT2D eigenvalue weighted by atomic mass is 16.5. The van der Waals surface area contributed by atoms with Crippen LogP contribution in [0.4, 0.5) is 0 Å². The van der Waals surface area contributed by atoms with E-state index in [0.29, 0.717) is 12.8 Å². The molecular weight excluding hydrogens is 636 g/mol. The van der Waals surface area contributed by atoms with Crippen LogP contribution in [0, 0.1) is 20.8 Å². The van der Waals surface area contributed by atoms with Crippen LogP contribution in [0.2, 0.25) is 0 Å². The molecule has 0 atom stereocenters. The highest BCUT2D eigenvalue weighted by molar-refractivity contribution is 6.02. The van der Waals surface area contributed by atoms with Crippen molar-refractivity contribution < 1.29 is 19.1 Å². The lowest BCUT2D eigenvalue weighted by molar-refractivity contribution is -0.141. The van der Waals surface area contributed by atoms with Gasteiger partial charge in [-0.05, 0) is 129 Å². The molecule has 1 aromatic carbocycles. The van der Waals surface area contributed by atoms with Gasteiger partial charge in [-0.1, -0.05) is 43.7 Å². The zero-order chi connectivity index (χ0) is 36.6. The lowest BCUT2D eigenvalue weighted by Crippen LogP contribution is -2.02. The highest BCUT2D eigenvalue weighted by Gasteiger charge is 2.26. The van der Waals surface area contributed by atoms with Crippen molar-refractivity contribution in [3.63, 3.8) is 0 Å². The molecule has 2 aliphatic heterocycles. The number of H-pyrrole nitrogens is 2. The van der Waals surface area contributed by atoms with Crippen molar-refractivity contribution in [3.05, 3.63) is 93.1 Å². The van der Waals surface area contributed by atoms with Crippen LogP contribution in [0.25, 0.3) is 55.5 Å². The Balaban J connectivity index is 1.80. The summed E-state index contributed by atoms with van der Waals surface area (Å²) in [6.07, 6.45) is 3.17. The smallest absolute Gasteiger partial charge is 0.305 e. The molecule has 0 radical (unpaired) electrons. The number of nitrogens with one attached hydrogen (secondary N) is 2. The van der Waals surface area contributed by atoms with Crippen molar-refractivity contribution in [3.8, 4) is 11.1 Å². The number of rotatable bonds is 9. The number of aromatic nitrogens is 4. The molecule has 0 amide bonds. The molecule has 8 nitrogen and oxygen atoms in total. The molecule has 0 saturated heterocycles. The van der Waals surface area contributed by atoms with E-state index in [1.165, 1.54) is 30.9 Å². The van der Waals surface area contributed by atoms with Gasteiger partial charge in [-0.15, -0.1) is 0 Å². The van der Waals surface area contributed by atoms with Crippen LogP contribution in [0.1, 0.15) is 104 Å². The summed E-state index contributed by atoms with van der Waals surface area (Å²) in [5.41, 5.74) is 19.6. The summed E-state index contributed by atoms with van der Waals surface area (Å²) in [6, 6.07) is 15.0. The largest absolute Gasteiger partial charge is 0.469 e. The standard InChI is InChI=1S/C43H48N4O4/c1-10-29-24(4)35-20-33-26(6)31(16-18-39(48)50-8)37(44-33)22-38-32(17-19-40(49)51-9)27(7)34(45-38)21-36-25(5)30(11-2)43(47-36)41(42(29)46-35)28-14-12-23(3)13-15-28/h12-15,20-22,44-45H,10-11,16-19H2,1-9H3. The van der Waals surface area contributed by atoms with Gasteiger partial charge in [0.25, 0.3) is 0 Å². The van der Waals surface area contributed by atoms with E-state index in [0.717, 1.165) is 102 Å². The highest BCUT2D eigenvalue weighted by Crippen LogP contribution is 2.44. The predicted octanol–water partition coefficient (Wildman–Crippen LogP) is 9.80. The SMILES string of the molecule is CCC1=C(C)c2cc3[nH]c(cc4[nH]c(cc5nc(c(-c6ccc(C)cc6)c1n2)C(CC)=C5C)c(C)c4CCC(=O)OC)c(CCC(=O)OC)c3C. The van der Waals surface area contributed by atoms with Crippen LogP contribution in [-0.2, 0) is 31.9 Å². The first-order chi connectivity index (χ1) is 24.5. The molecule has 0 unspecified atom stereocenters. The number of esters is 2. The third kappa shape index (κ3) is 6.67. The van der Waals surface area contributed by atoms with Gasteiger partial charge in [0, 0.05) is 40.5 Å². The summed E-state index contributed by atoms with van der Waals surface area (Å²) >= 11 is 0. The Morgan fingerprint density at radius 1 is 0.627 bits per heavy atom. The molecule has 5 heterocycles. The molecule has 0 spiro atoms. The number of allylic oxidation sites excluding steroid dienone is 4. The summed E-state index contributed by atoms with van der Waals surface area (Å²) in [4.78, 5) is 42.9. The van der Waals surface area contributed by atoms with Crippen molar-refractivity contribution >= 4 is 56.3 Å². The number of carbonyl (C=O) groups excluding carboxylic acids is 2. The molecular formula is C43H48N4O4. The molecule has 2 aliphatic rings. The zero-order valence-corrected chi connectivity index (χ0v) is 31.3. The van der Waals surface area contributed by atoms with Gasteiger partial charge < -0.3 is 19.4 Å². The number of nitrogens with zero attached hydrogens (tertiary/aromatic N) is 2. The van der Waals surface area contributed by atoms with Gasteiger partial charge in [-0.3, -0.25) is 9.59 Å². The number of hydrogen-bond acceptors (Lipinski definition) is 6. The van der Waals surface area contributed by atoms with Crippen LogP contribution >= 0.6 is 0 Å². The van der Waals surface area contributed by atoms with Gasteiger partial charge in [-0.25, -0.2) is 9.97 Å². The van der Waals surface area contributed by atoms with Gasteiger partial charge in [0.2, 0.25) is 0 Å². The maximum Gasteiger partial charge on any atom is 0.305 e. The van der Waals surface area contributed by atoms with E-state index in [-0.39, 0.29) is 24.8 Å². The lowest BCUT2D eigenvalue weighted by Gasteiger charge is -2.12. The number of aryl methyl sites for hydroxylation is 5. The Labute approximate surface area is 300 Å². The van der Waals surface area contributed by atoms with Crippen LogP contribution in [-0.4, -0.2) is 46.1 Å². The second-order valence-electron chi connectivity index (χ2n) is 13.5. The van der Waals surface area contributed by atoms with E-state index >= 15 is 0 Å². The molecule has 264 valence electrons. The third-order valence-electron chi connectivity index (χ3n) is 10.6. The van der Waals surface area contributed by atoms with E-state index in [1.54, 1.807) is 0 Å². The van der Waals surface area contributed by atoms with Crippen LogP contribution in [0.5, 0.6) is 0 Å². The van der Waals surface area contributed by atoms with Crippen LogP contribution in [0.15, 0.2) is 42.5 Å². The number of aromatic amines is 2. The lowest BCUT2D eigenvalue weighted by atomic mass is 9.91. The summed E-state index contributed by atoms with van der Waals surface area (Å²) < 4.78 is 10.0. The average molecular weight is 685 g/mol. The van der Waals surface area contributed by atoms with Crippen molar-refractivity contribution in [1.29, 1.82) is 0 Å². The Hall–Kier alpha value is -5.24. The van der Waals surface area contributed by atoms with Gasteiger partial charge in [-0.2, -0.15) is 0 Å². The van der Waals surface area contributed by atoms with Gasteiger partial charge in [0.1, 0.15) is 0 Å². The Morgan fingerprint density at radius 3 is 1.45 bits per heavy atom. The molecule has 8 heteroatoms. The second-order valence-corrected chi connectivity index (χ2v) is 13.5. The van der Waals surface area contributed by atoms with Crippen molar-refractivity contribution in [2.45, 2.75) is 87.0 Å². The third-order valence-corrected chi connectivity index (χ3v) is 10.6. The first kappa shape index (κ1) is 35.6. The number of methoxy groups -OCH3 is 2. The topological polar surface area (TPSA) is 110 Å². The van der Waals surface area contributed by atoms with E-state index in [9.17, 15) is 9.59 Å². The van der Waals surface area contributed by atoms with E-state index in [2.05, 4.69) is 101 Å². The molecule has 0 saturated carbocycles. The molecule has 4 aromatic rings. The maximum atomic E-state index is 12.3. The molecule has 0 fully saturated rings. The number of carbonyl (C=O) groups is 2. The molecule has 8 bridgehead atoms. The van der Waals surface area contributed by atoms with E-state index in [4.69, 9.17) is 19.4 Å². The number of ether oxygens (including phenoxy) is 2. The fourth-order valence-corrected chi connectivity index (χ4v) is 7.49. The second kappa shape index (κ2) is 14.5. The minimum atomic E-state index is -0.259. The molecule has 3 aromatic heterocycles. The van der Waals surface area contributed by atoms with Gasteiger partial charge in [0.05, 0.1) is 37.0 Å².